The fraction of sp³-hybridized carbons (Fsp3) is 0.304. The van der Waals surface area contributed by atoms with E-state index in [1.807, 2.05) is 49.9 Å². The lowest BCUT2D eigenvalue weighted by Gasteiger charge is -2.35. The van der Waals surface area contributed by atoms with Crippen molar-refractivity contribution in [2.75, 3.05) is 13.1 Å². The number of aryl methyl sites for hydroxylation is 1. The Morgan fingerprint density at radius 3 is 2.28 bits per heavy atom. The molecule has 29 heavy (non-hydrogen) atoms. The van der Waals surface area contributed by atoms with E-state index in [1.54, 1.807) is 22.9 Å². The first-order chi connectivity index (χ1) is 13.9. The highest BCUT2D eigenvalue weighted by atomic mass is 19.1. The summed E-state index contributed by atoms with van der Waals surface area (Å²) in [6.45, 7) is 7.02. The van der Waals surface area contributed by atoms with Crippen LogP contribution in [0.2, 0.25) is 0 Å². The standard InChI is InChI=1S/C23H24FN3O2/c1-15-4-10-20(11-5-15)27-22(23(28)26-13-16(2)29-17(3)14-26)12-21(25-27)18-6-8-19(24)9-7-18/h4-12,16-17H,13-14H2,1-3H3. The average molecular weight is 393 g/mol. The minimum absolute atomic E-state index is 0.0185. The predicted molar refractivity (Wildman–Crippen MR) is 110 cm³/mol. The van der Waals surface area contributed by atoms with Gasteiger partial charge >= 0.3 is 0 Å². The first-order valence-corrected chi connectivity index (χ1v) is 9.78. The fourth-order valence-electron chi connectivity index (χ4n) is 3.68. The van der Waals surface area contributed by atoms with Crippen molar-refractivity contribution in [3.63, 3.8) is 0 Å². The number of benzene rings is 2. The van der Waals surface area contributed by atoms with Crippen molar-refractivity contribution < 1.29 is 13.9 Å². The summed E-state index contributed by atoms with van der Waals surface area (Å²) in [6, 6.07) is 15.8. The van der Waals surface area contributed by atoms with E-state index in [0.29, 0.717) is 24.5 Å². The van der Waals surface area contributed by atoms with Gasteiger partial charge in [0.1, 0.15) is 11.5 Å². The van der Waals surface area contributed by atoms with Crippen LogP contribution in [0, 0.1) is 12.7 Å². The largest absolute Gasteiger partial charge is 0.372 e. The quantitative estimate of drug-likeness (QED) is 0.669. The van der Waals surface area contributed by atoms with E-state index in [-0.39, 0.29) is 23.9 Å². The molecule has 2 unspecified atom stereocenters. The summed E-state index contributed by atoms with van der Waals surface area (Å²) in [5, 5.41) is 4.68. The molecule has 6 heteroatoms. The second-order valence-corrected chi connectivity index (χ2v) is 7.64. The van der Waals surface area contributed by atoms with Gasteiger partial charge < -0.3 is 9.64 Å². The maximum Gasteiger partial charge on any atom is 0.272 e. The molecular formula is C23H24FN3O2. The van der Waals surface area contributed by atoms with Gasteiger partial charge in [0.25, 0.3) is 5.91 Å². The molecule has 0 radical (unpaired) electrons. The molecule has 150 valence electrons. The van der Waals surface area contributed by atoms with Gasteiger partial charge in [-0.05, 0) is 63.2 Å². The minimum Gasteiger partial charge on any atom is -0.372 e. The molecule has 0 saturated carbocycles. The SMILES string of the molecule is Cc1ccc(-n2nc(-c3ccc(F)cc3)cc2C(=O)N2CC(C)OC(C)C2)cc1. The van der Waals surface area contributed by atoms with Crippen molar-refractivity contribution in [3.05, 3.63) is 71.7 Å². The van der Waals surface area contributed by atoms with Gasteiger partial charge in [-0.1, -0.05) is 17.7 Å². The Morgan fingerprint density at radius 2 is 1.66 bits per heavy atom. The van der Waals surface area contributed by atoms with Gasteiger partial charge in [-0.25, -0.2) is 9.07 Å². The van der Waals surface area contributed by atoms with Crippen molar-refractivity contribution >= 4 is 5.91 Å². The zero-order valence-electron chi connectivity index (χ0n) is 16.8. The molecule has 1 aliphatic rings. The predicted octanol–water partition coefficient (Wildman–Crippen LogP) is 4.24. The number of hydrogen-bond acceptors (Lipinski definition) is 3. The number of hydrogen-bond donors (Lipinski definition) is 0. The molecule has 1 fully saturated rings. The van der Waals surface area contributed by atoms with Crippen LogP contribution in [0.25, 0.3) is 16.9 Å². The summed E-state index contributed by atoms with van der Waals surface area (Å²) < 4.78 is 20.8. The smallest absolute Gasteiger partial charge is 0.272 e. The molecule has 1 amide bonds. The van der Waals surface area contributed by atoms with Crippen molar-refractivity contribution in [2.24, 2.45) is 0 Å². The maximum absolute atomic E-state index is 13.4. The van der Waals surface area contributed by atoms with Crippen LogP contribution in [0.3, 0.4) is 0 Å². The number of carbonyl (C=O) groups excluding carboxylic acids is 1. The van der Waals surface area contributed by atoms with Crippen molar-refractivity contribution in [2.45, 2.75) is 33.0 Å². The summed E-state index contributed by atoms with van der Waals surface area (Å²) in [4.78, 5) is 15.2. The topological polar surface area (TPSA) is 47.4 Å². The van der Waals surface area contributed by atoms with E-state index in [2.05, 4.69) is 5.10 Å². The zero-order chi connectivity index (χ0) is 20.5. The van der Waals surface area contributed by atoms with Gasteiger partial charge in [0, 0.05) is 18.7 Å². The summed E-state index contributed by atoms with van der Waals surface area (Å²) in [5.41, 5.74) is 3.80. The highest BCUT2D eigenvalue weighted by Crippen LogP contribution is 2.24. The first-order valence-electron chi connectivity index (χ1n) is 9.78. The number of aromatic nitrogens is 2. The van der Waals surface area contributed by atoms with Crippen LogP contribution in [0.5, 0.6) is 0 Å². The molecule has 5 nitrogen and oxygen atoms in total. The normalized spacial score (nSPS) is 19.4. The van der Waals surface area contributed by atoms with Crippen LogP contribution < -0.4 is 0 Å². The lowest BCUT2D eigenvalue weighted by molar-refractivity contribution is -0.0588. The number of nitrogens with zero attached hydrogens (tertiary/aromatic N) is 3. The fourth-order valence-corrected chi connectivity index (χ4v) is 3.68. The van der Waals surface area contributed by atoms with E-state index in [1.165, 1.54) is 12.1 Å². The van der Waals surface area contributed by atoms with Gasteiger partial charge in [0.15, 0.2) is 0 Å². The summed E-state index contributed by atoms with van der Waals surface area (Å²) in [5.74, 6) is -0.396. The van der Waals surface area contributed by atoms with E-state index >= 15 is 0 Å². The van der Waals surface area contributed by atoms with E-state index in [9.17, 15) is 9.18 Å². The molecule has 0 aliphatic carbocycles. The number of carbonyl (C=O) groups is 1. The number of morpholine rings is 1. The van der Waals surface area contributed by atoms with E-state index < -0.39 is 0 Å². The minimum atomic E-state index is -0.306. The van der Waals surface area contributed by atoms with Gasteiger partial charge in [0.05, 0.1) is 23.6 Å². The molecule has 2 atom stereocenters. The van der Waals surface area contributed by atoms with Crippen molar-refractivity contribution in [1.82, 2.24) is 14.7 Å². The van der Waals surface area contributed by atoms with Crippen LogP contribution in [0.1, 0.15) is 29.9 Å². The van der Waals surface area contributed by atoms with Gasteiger partial charge in [-0.3, -0.25) is 4.79 Å². The summed E-state index contributed by atoms with van der Waals surface area (Å²) in [6.07, 6.45) is -0.0370. The van der Waals surface area contributed by atoms with Crippen LogP contribution in [0.4, 0.5) is 4.39 Å². The number of rotatable bonds is 3. The Hall–Kier alpha value is -2.99. The summed E-state index contributed by atoms with van der Waals surface area (Å²) in [7, 11) is 0. The summed E-state index contributed by atoms with van der Waals surface area (Å²) >= 11 is 0. The number of amides is 1. The average Bonchev–Trinajstić information content (AvgIpc) is 3.13. The third kappa shape index (κ3) is 4.07. The monoisotopic (exact) mass is 393 g/mol. The maximum atomic E-state index is 13.4. The van der Waals surface area contributed by atoms with Gasteiger partial charge in [-0.15, -0.1) is 0 Å². The molecule has 0 spiro atoms. The Bertz CT molecular complexity index is 1000. The molecule has 0 N–H and O–H groups in total. The molecule has 1 saturated heterocycles. The van der Waals surface area contributed by atoms with Crippen LogP contribution in [-0.4, -0.2) is 45.9 Å². The molecule has 0 bridgehead atoms. The molecule has 1 aromatic heterocycles. The molecule has 1 aliphatic heterocycles. The Kier molecular flexibility index (Phi) is 5.20. The van der Waals surface area contributed by atoms with Crippen LogP contribution >= 0.6 is 0 Å². The van der Waals surface area contributed by atoms with E-state index in [4.69, 9.17) is 4.74 Å². The lowest BCUT2D eigenvalue weighted by Crippen LogP contribution is -2.48. The zero-order valence-corrected chi connectivity index (χ0v) is 16.8. The Morgan fingerprint density at radius 1 is 1.03 bits per heavy atom. The third-order valence-electron chi connectivity index (χ3n) is 5.05. The van der Waals surface area contributed by atoms with Gasteiger partial charge in [-0.2, -0.15) is 5.10 Å². The molecule has 2 aromatic carbocycles. The van der Waals surface area contributed by atoms with Crippen LogP contribution in [-0.2, 0) is 4.74 Å². The molecule has 3 aromatic rings. The van der Waals surface area contributed by atoms with Crippen molar-refractivity contribution in [3.8, 4) is 16.9 Å². The highest BCUT2D eigenvalue weighted by Gasteiger charge is 2.29. The third-order valence-corrected chi connectivity index (χ3v) is 5.05. The number of halogens is 1. The van der Waals surface area contributed by atoms with E-state index in [0.717, 1.165) is 16.8 Å². The molecule has 4 rings (SSSR count). The van der Waals surface area contributed by atoms with Crippen LogP contribution in [0.15, 0.2) is 54.6 Å². The second-order valence-electron chi connectivity index (χ2n) is 7.64. The number of ether oxygens (including phenoxy) is 1. The Balaban J connectivity index is 1.77. The molecule has 2 heterocycles. The Labute approximate surface area is 169 Å². The van der Waals surface area contributed by atoms with Gasteiger partial charge in [0.2, 0.25) is 0 Å². The lowest BCUT2D eigenvalue weighted by atomic mass is 10.1. The molecular weight excluding hydrogens is 369 g/mol. The highest BCUT2D eigenvalue weighted by molar-refractivity contribution is 5.94. The van der Waals surface area contributed by atoms with Crippen molar-refractivity contribution in [1.29, 1.82) is 0 Å². The second kappa shape index (κ2) is 7.79. The first kappa shape index (κ1) is 19.3.